The predicted molar refractivity (Wildman–Crippen MR) is 81.8 cm³/mol. The largest absolute Gasteiger partial charge is 0.508 e. The Morgan fingerprint density at radius 2 is 2.05 bits per heavy atom. The number of carbonyl (C=O) groups excluding carboxylic acids is 1. The number of phenols is 1. The van der Waals surface area contributed by atoms with Gasteiger partial charge in [0.25, 0.3) is 0 Å². The Morgan fingerprint density at radius 1 is 1.32 bits per heavy atom. The molecule has 0 bridgehead atoms. The van der Waals surface area contributed by atoms with E-state index in [4.69, 9.17) is 0 Å². The topological polar surface area (TPSA) is 61.4 Å². The van der Waals surface area contributed by atoms with E-state index >= 15 is 0 Å². The first kappa shape index (κ1) is 15.3. The summed E-state index contributed by atoms with van der Waals surface area (Å²) < 4.78 is 13.3. The zero-order valence-electron chi connectivity index (χ0n) is 12.7. The predicted octanol–water partition coefficient (Wildman–Crippen LogP) is 2.46. The minimum absolute atomic E-state index is 0.0489. The quantitative estimate of drug-likeness (QED) is 0.756. The maximum absolute atomic E-state index is 13.3. The van der Waals surface area contributed by atoms with Gasteiger partial charge in [-0.1, -0.05) is 12.8 Å². The first-order valence-corrected chi connectivity index (χ1v) is 8.10. The fraction of sp³-hybridized carbons (Fsp3) is 0.588. The van der Waals surface area contributed by atoms with Gasteiger partial charge in [0.1, 0.15) is 11.6 Å². The number of nitrogens with one attached hydrogen (secondary N) is 2. The zero-order valence-corrected chi connectivity index (χ0v) is 12.7. The van der Waals surface area contributed by atoms with Gasteiger partial charge in [-0.25, -0.2) is 4.39 Å². The molecular weight excluding hydrogens is 283 g/mol. The molecule has 1 aromatic carbocycles. The van der Waals surface area contributed by atoms with Crippen LogP contribution in [0.1, 0.15) is 44.1 Å². The van der Waals surface area contributed by atoms with Crippen LogP contribution in [-0.4, -0.2) is 23.1 Å². The molecule has 0 radical (unpaired) electrons. The van der Waals surface area contributed by atoms with Crippen LogP contribution in [0.5, 0.6) is 5.75 Å². The van der Waals surface area contributed by atoms with Gasteiger partial charge in [0.15, 0.2) is 0 Å². The first-order chi connectivity index (χ1) is 10.6. The summed E-state index contributed by atoms with van der Waals surface area (Å²) in [5.74, 6) is 0.371. The van der Waals surface area contributed by atoms with Crippen LogP contribution in [0.4, 0.5) is 4.39 Å². The van der Waals surface area contributed by atoms with E-state index in [-0.39, 0.29) is 17.5 Å². The van der Waals surface area contributed by atoms with Crippen LogP contribution in [0.2, 0.25) is 0 Å². The number of aromatic hydroxyl groups is 1. The van der Waals surface area contributed by atoms with Crippen LogP contribution >= 0.6 is 0 Å². The van der Waals surface area contributed by atoms with Crippen molar-refractivity contribution >= 4 is 5.91 Å². The molecule has 0 aliphatic heterocycles. The molecule has 2 aliphatic rings. The highest BCUT2D eigenvalue weighted by atomic mass is 19.1. The summed E-state index contributed by atoms with van der Waals surface area (Å²) in [7, 11) is 0. The average molecular weight is 306 g/mol. The highest BCUT2D eigenvalue weighted by Crippen LogP contribution is 2.32. The van der Waals surface area contributed by atoms with Crippen molar-refractivity contribution in [3.63, 3.8) is 0 Å². The lowest BCUT2D eigenvalue weighted by Gasteiger charge is -2.29. The first-order valence-electron chi connectivity index (χ1n) is 8.10. The number of hydrogen-bond donors (Lipinski definition) is 3. The normalized spacial score (nSPS) is 20.0. The van der Waals surface area contributed by atoms with Crippen molar-refractivity contribution in [1.82, 2.24) is 10.6 Å². The fourth-order valence-electron chi connectivity index (χ4n) is 3.15. The smallest absolute Gasteiger partial charge is 0.240 e. The van der Waals surface area contributed by atoms with E-state index in [1.54, 1.807) is 0 Å². The summed E-state index contributed by atoms with van der Waals surface area (Å²) in [4.78, 5) is 12.6. The molecule has 2 aliphatic carbocycles. The van der Waals surface area contributed by atoms with Gasteiger partial charge >= 0.3 is 0 Å². The lowest BCUT2D eigenvalue weighted by atomic mass is 9.95. The molecule has 2 saturated carbocycles. The van der Waals surface area contributed by atoms with Gasteiger partial charge in [0.05, 0.1) is 5.54 Å². The molecule has 5 heteroatoms. The SMILES string of the molecule is O=C(NCC1CC1)C1(NCc2cc(F)ccc2O)CCCC1. The van der Waals surface area contributed by atoms with Crippen molar-refractivity contribution in [2.45, 2.75) is 50.6 Å². The van der Waals surface area contributed by atoms with Crippen LogP contribution in [0.3, 0.4) is 0 Å². The monoisotopic (exact) mass is 306 g/mol. The Hall–Kier alpha value is -1.62. The van der Waals surface area contributed by atoms with Crippen LogP contribution < -0.4 is 10.6 Å². The zero-order chi connectivity index (χ0) is 15.6. The third kappa shape index (κ3) is 3.40. The Kier molecular flexibility index (Phi) is 4.34. The summed E-state index contributed by atoms with van der Waals surface area (Å²) in [6.07, 6.45) is 6.02. The van der Waals surface area contributed by atoms with Crippen LogP contribution in [0.25, 0.3) is 0 Å². The lowest BCUT2D eigenvalue weighted by Crippen LogP contribution is -2.55. The van der Waals surface area contributed by atoms with Crippen LogP contribution in [0.15, 0.2) is 18.2 Å². The molecule has 22 heavy (non-hydrogen) atoms. The molecule has 120 valence electrons. The summed E-state index contributed by atoms with van der Waals surface area (Å²) in [6, 6.07) is 3.89. The lowest BCUT2D eigenvalue weighted by molar-refractivity contribution is -0.127. The molecule has 0 heterocycles. The Balaban J connectivity index is 1.65. The number of hydrogen-bond acceptors (Lipinski definition) is 3. The number of carbonyl (C=O) groups is 1. The van der Waals surface area contributed by atoms with Gasteiger partial charge in [-0.15, -0.1) is 0 Å². The van der Waals surface area contributed by atoms with E-state index in [2.05, 4.69) is 10.6 Å². The summed E-state index contributed by atoms with van der Waals surface area (Å²) in [6.45, 7) is 1.05. The molecule has 0 unspecified atom stereocenters. The van der Waals surface area contributed by atoms with Gasteiger partial charge in [-0.05, 0) is 49.8 Å². The fourth-order valence-corrected chi connectivity index (χ4v) is 3.15. The molecule has 0 spiro atoms. The Labute approximate surface area is 130 Å². The second kappa shape index (κ2) is 6.24. The highest BCUT2D eigenvalue weighted by molar-refractivity contribution is 5.86. The molecule has 1 amide bonds. The van der Waals surface area contributed by atoms with Gasteiger partial charge in [-0.3, -0.25) is 10.1 Å². The van der Waals surface area contributed by atoms with Crippen LogP contribution in [-0.2, 0) is 11.3 Å². The average Bonchev–Trinajstić information content (AvgIpc) is 3.22. The number of rotatable bonds is 6. The third-order valence-electron chi connectivity index (χ3n) is 4.80. The Morgan fingerprint density at radius 3 is 2.73 bits per heavy atom. The number of phenolic OH excluding ortho intramolecular Hbond substituents is 1. The van der Waals surface area contributed by atoms with Gasteiger partial charge in [-0.2, -0.15) is 0 Å². The molecule has 0 saturated heterocycles. The van der Waals surface area contributed by atoms with Crippen molar-refractivity contribution in [1.29, 1.82) is 0 Å². The van der Waals surface area contributed by atoms with Crippen molar-refractivity contribution in [2.24, 2.45) is 5.92 Å². The molecule has 4 nitrogen and oxygen atoms in total. The van der Waals surface area contributed by atoms with Crippen molar-refractivity contribution < 1.29 is 14.3 Å². The van der Waals surface area contributed by atoms with E-state index in [0.717, 1.165) is 32.2 Å². The molecule has 3 N–H and O–H groups in total. The summed E-state index contributed by atoms with van der Waals surface area (Å²) in [5, 5.41) is 16.1. The van der Waals surface area contributed by atoms with E-state index in [0.29, 0.717) is 18.0 Å². The van der Waals surface area contributed by atoms with Gasteiger partial charge in [0.2, 0.25) is 5.91 Å². The standard InChI is InChI=1S/C17H23FN2O2/c18-14-5-6-15(21)13(9-14)11-20-17(7-1-2-8-17)16(22)19-10-12-3-4-12/h5-6,9,12,20-21H,1-4,7-8,10-11H2,(H,19,22). The molecular formula is C17H23FN2O2. The van der Waals surface area contributed by atoms with Crippen molar-refractivity contribution in [2.75, 3.05) is 6.54 Å². The maximum Gasteiger partial charge on any atom is 0.240 e. The molecule has 2 fully saturated rings. The molecule has 1 aromatic rings. The molecule has 0 atom stereocenters. The Bertz CT molecular complexity index is 552. The molecule has 3 rings (SSSR count). The molecule has 0 aromatic heterocycles. The van der Waals surface area contributed by atoms with E-state index in [9.17, 15) is 14.3 Å². The van der Waals surface area contributed by atoms with Crippen molar-refractivity contribution in [3.05, 3.63) is 29.6 Å². The van der Waals surface area contributed by atoms with Gasteiger partial charge in [0, 0.05) is 18.7 Å². The number of benzene rings is 1. The highest BCUT2D eigenvalue weighted by Gasteiger charge is 2.41. The summed E-state index contributed by atoms with van der Waals surface area (Å²) in [5.41, 5.74) is -0.0885. The minimum Gasteiger partial charge on any atom is -0.508 e. The number of amides is 1. The minimum atomic E-state index is -0.576. The number of halogens is 1. The van der Waals surface area contributed by atoms with Crippen molar-refractivity contribution in [3.8, 4) is 5.75 Å². The summed E-state index contributed by atoms with van der Waals surface area (Å²) >= 11 is 0. The van der Waals surface area contributed by atoms with Crippen LogP contribution in [0, 0.1) is 11.7 Å². The second-order valence-corrected chi connectivity index (χ2v) is 6.57. The van der Waals surface area contributed by atoms with E-state index in [1.165, 1.54) is 31.0 Å². The third-order valence-corrected chi connectivity index (χ3v) is 4.80. The van der Waals surface area contributed by atoms with E-state index < -0.39 is 5.54 Å². The van der Waals surface area contributed by atoms with E-state index in [1.807, 2.05) is 0 Å². The second-order valence-electron chi connectivity index (χ2n) is 6.57. The van der Waals surface area contributed by atoms with Gasteiger partial charge < -0.3 is 10.4 Å². The maximum atomic E-state index is 13.3.